The van der Waals surface area contributed by atoms with Gasteiger partial charge < -0.3 is 5.32 Å². The number of aryl methyl sites for hydroxylation is 1. The van der Waals surface area contributed by atoms with Gasteiger partial charge in [0, 0.05) is 11.4 Å². The van der Waals surface area contributed by atoms with E-state index in [1.54, 1.807) is 0 Å². The minimum Gasteiger partial charge on any atom is -0.355 e. The molecule has 0 unspecified atom stereocenters. The molecule has 2 rings (SSSR count). The molecule has 0 aliphatic heterocycles. The number of nitrogens with zero attached hydrogens (tertiary/aromatic N) is 1. The fourth-order valence-electron chi connectivity index (χ4n) is 1.51. The van der Waals surface area contributed by atoms with E-state index in [0.717, 1.165) is 16.9 Å². The molecule has 78 valence electrons. The van der Waals surface area contributed by atoms with Crippen LogP contribution in [0.5, 0.6) is 0 Å². The SMILES string of the molecule is Cc1ccc(Nc2ccccc2)cc1C#N. The Hall–Kier alpha value is -2.27. The molecule has 0 saturated heterocycles. The first kappa shape index (κ1) is 10.3. The van der Waals surface area contributed by atoms with Crippen LogP contribution in [0.3, 0.4) is 0 Å². The number of nitriles is 1. The Morgan fingerprint density at radius 1 is 1.00 bits per heavy atom. The van der Waals surface area contributed by atoms with Crippen molar-refractivity contribution in [2.24, 2.45) is 0 Å². The van der Waals surface area contributed by atoms with Crippen molar-refractivity contribution < 1.29 is 0 Å². The topological polar surface area (TPSA) is 35.8 Å². The van der Waals surface area contributed by atoms with Crippen molar-refractivity contribution in [3.8, 4) is 6.07 Å². The molecule has 0 heterocycles. The van der Waals surface area contributed by atoms with Crippen LogP contribution in [0.25, 0.3) is 0 Å². The van der Waals surface area contributed by atoms with Crippen LogP contribution in [0.15, 0.2) is 48.5 Å². The second kappa shape index (κ2) is 4.50. The van der Waals surface area contributed by atoms with Gasteiger partial charge in [-0.3, -0.25) is 0 Å². The van der Waals surface area contributed by atoms with Gasteiger partial charge in [0.05, 0.1) is 11.6 Å². The molecule has 0 saturated carbocycles. The quantitative estimate of drug-likeness (QED) is 0.818. The van der Waals surface area contributed by atoms with Gasteiger partial charge in [-0.15, -0.1) is 0 Å². The molecule has 0 fully saturated rings. The molecule has 0 spiro atoms. The predicted octanol–water partition coefficient (Wildman–Crippen LogP) is 3.61. The van der Waals surface area contributed by atoms with Crippen molar-refractivity contribution in [3.05, 3.63) is 59.7 Å². The Labute approximate surface area is 95.2 Å². The summed E-state index contributed by atoms with van der Waals surface area (Å²) in [7, 11) is 0. The van der Waals surface area contributed by atoms with Crippen molar-refractivity contribution in [2.45, 2.75) is 6.92 Å². The summed E-state index contributed by atoms with van der Waals surface area (Å²) in [6.07, 6.45) is 0. The van der Waals surface area contributed by atoms with Crippen molar-refractivity contribution >= 4 is 11.4 Å². The normalized spacial score (nSPS) is 9.50. The lowest BCUT2D eigenvalue weighted by atomic mass is 10.1. The lowest BCUT2D eigenvalue weighted by Crippen LogP contribution is -1.91. The van der Waals surface area contributed by atoms with E-state index in [1.807, 2.05) is 55.5 Å². The van der Waals surface area contributed by atoms with Crippen LogP contribution >= 0.6 is 0 Å². The first-order chi connectivity index (χ1) is 7.79. The van der Waals surface area contributed by atoms with Gasteiger partial charge in [-0.1, -0.05) is 24.3 Å². The van der Waals surface area contributed by atoms with E-state index in [2.05, 4.69) is 11.4 Å². The fraction of sp³-hybridized carbons (Fsp3) is 0.0714. The van der Waals surface area contributed by atoms with Crippen LogP contribution in [0, 0.1) is 18.3 Å². The van der Waals surface area contributed by atoms with E-state index in [4.69, 9.17) is 5.26 Å². The van der Waals surface area contributed by atoms with Crippen LogP contribution in [0.2, 0.25) is 0 Å². The Kier molecular flexibility index (Phi) is 2.88. The Morgan fingerprint density at radius 3 is 2.44 bits per heavy atom. The third kappa shape index (κ3) is 2.21. The van der Waals surface area contributed by atoms with Crippen LogP contribution in [-0.2, 0) is 0 Å². The third-order valence-electron chi connectivity index (χ3n) is 2.42. The lowest BCUT2D eigenvalue weighted by Gasteiger charge is -2.07. The van der Waals surface area contributed by atoms with Gasteiger partial charge in [0.25, 0.3) is 0 Å². The van der Waals surface area contributed by atoms with E-state index in [-0.39, 0.29) is 0 Å². The average molecular weight is 208 g/mol. The van der Waals surface area contributed by atoms with E-state index in [1.165, 1.54) is 0 Å². The van der Waals surface area contributed by atoms with Gasteiger partial charge in [-0.05, 0) is 36.8 Å². The summed E-state index contributed by atoms with van der Waals surface area (Å²) < 4.78 is 0. The molecule has 1 N–H and O–H groups in total. The summed E-state index contributed by atoms with van der Waals surface area (Å²) in [6.45, 7) is 1.94. The van der Waals surface area contributed by atoms with Crippen LogP contribution in [0.4, 0.5) is 11.4 Å². The average Bonchev–Trinajstić information content (AvgIpc) is 2.33. The first-order valence-electron chi connectivity index (χ1n) is 5.12. The molecule has 0 aliphatic rings. The minimum absolute atomic E-state index is 0.709. The van der Waals surface area contributed by atoms with Gasteiger partial charge >= 0.3 is 0 Å². The smallest absolute Gasteiger partial charge is 0.0995 e. The van der Waals surface area contributed by atoms with Gasteiger partial charge in [-0.25, -0.2) is 0 Å². The van der Waals surface area contributed by atoms with E-state index < -0.39 is 0 Å². The van der Waals surface area contributed by atoms with E-state index in [0.29, 0.717) is 5.56 Å². The maximum atomic E-state index is 8.93. The van der Waals surface area contributed by atoms with Crippen molar-refractivity contribution in [3.63, 3.8) is 0 Å². The summed E-state index contributed by atoms with van der Waals surface area (Å²) >= 11 is 0. The largest absolute Gasteiger partial charge is 0.355 e. The van der Waals surface area contributed by atoms with Gasteiger partial charge in [0.2, 0.25) is 0 Å². The number of hydrogen-bond acceptors (Lipinski definition) is 2. The first-order valence-corrected chi connectivity index (χ1v) is 5.12. The molecule has 0 aliphatic carbocycles. The molecule has 2 aromatic rings. The monoisotopic (exact) mass is 208 g/mol. The zero-order valence-electron chi connectivity index (χ0n) is 9.07. The standard InChI is InChI=1S/C14H12N2/c1-11-7-8-14(9-12(11)10-15)16-13-5-3-2-4-6-13/h2-9,16H,1H3. The lowest BCUT2D eigenvalue weighted by molar-refractivity contribution is 1.39. The Balaban J connectivity index is 2.27. The van der Waals surface area contributed by atoms with Crippen LogP contribution < -0.4 is 5.32 Å². The predicted molar refractivity (Wildman–Crippen MR) is 65.6 cm³/mol. The highest BCUT2D eigenvalue weighted by Crippen LogP contribution is 2.19. The second-order valence-corrected chi connectivity index (χ2v) is 3.63. The summed E-state index contributed by atoms with van der Waals surface area (Å²) in [4.78, 5) is 0. The molecule has 2 nitrogen and oxygen atoms in total. The molecule has 0 radical (unpaired) electrons. The maximum absolute atomic E-state index is 8.93. The van der Waals surface area contributed by atoms with Crippen LogP contribution in [-0.4, -0.2) is 0 Å². The molecule has 0 aromatic heterocycles. The highest BCUT2D eigenvalue weighted by atomic mass is 14.9. The molecule has 0 bridgehead atoms. The van der Waals surface area contributed by atoms with Crippen LogP contribution in [0.1, 0.15) is 11.1 Å². The number of benzene rings is 2. The summed E-state index contributed by atoms with van der Waals surface area (Å²) in [6, 6.07) is 17.9. The number of para-hydroxylation sites is 1. The van der Waals surface area contributed by atoms with Crippen molar-refractivity contribution in [1.82, 2.24) is 0 Å². The molecular formula is C14H12N2. The highest BCUT2D eigenvalue weighted by molar-refractivity contribution is 5.62. The van der Waals surface area contributed by atoms with Crippen molar-refractivity contribution in [1.29, 1.82) is 5.26 Å². The van der Waals surface area contributed by atoms with E-state index in [9.17, 15) is 0 Å². The molecule has 0 atom stereocenters. The fourth-order valence-corrected chi connectivity index (χ4v) is 1.51. The second-order valence-electron chi connectivity index (χ2n) is 3.63. The van der Waals surface area contributed by atoms with Crippen molar-refractivity contribution in [2.75, 3.05) is 5.32 Å². The number of nitrogens with one attached hydrogen (secondary N) is 1. The summed E-state index contributed by atoms with van der Waals surface area (Å²) in [5, 5.41) is 12.2. The number of rotatable bonds is 2. The van der Waals surface area contributed by atoms with Gasteiger partial charge in [0.15, 0.2) is 0 Å². The Morgan fingerprint density at radius 2 is 1.75 bits per heavy atom. The molecule has 2 heteroatoms. The summed E-state index contributed by atoms with van der Waals surface area (Å²) in [5.74, 6) is 0. The summed E-state index contributed by atoms with van der Waals surface area (Å²) in [5.41, 5.74) is 3.67. The minimum atomic E-state index is 0.709. The number of hydrogen-bond donors (Lipinski definition) is 1. The molecule has 16 heavy (non-hydrogen) atoms. The van der Waals surface area contributed by atoms with Gasteiger partial charge in [-0.2, -0.15) is 5.26 Å². The number of anilines is 2. The zero-order valence-corrected chi connectivity index (χ0v) is 9.07. The maximum Gasteiger partial charge on any atom is 0.0995 e. The molecule has 0 amide bonds. The van der Waals surface area contributed by atoms with Gasteiger partial charge in [0.1, 0.15) is 0 Å². The Bertz CT molecular complexity index is 524. The van der Waals surface area contributed by atoms with E-state index >= 15 is 0 Å². The molecule has 2 aromatic carbocycles. The molecular weight excluding hydrogens is 196 g/mol. The highest BCUT2D eigenvalue weighted by Gasteiger charge is 1.99. The third-order valence-corrected chi connectivity index (χ3v) is 2.42. The zero-order chi connectivity index (χ0) is 11.4.